The van der Waals surface area contributed by atoms with Crippen LogP contribution < -0.4 is 0 Å². The van der Waals surface area contributed by atoms with Gasteiger partial charge in [-0.05, 0) is 41.7 Å². The first-order valence-corrected chi connectivity index (χ1v) is 19.3. The van der Waals surface area contributed by atoms with Crippen molar-refractivity contribution in [3.8, 4) is 0 Å². The molecule has 3 aliphatic heterocycles. The van der Waals surface area contributed by atoms with E-state index < -0.39 is 46.4 Å². The van der Waals surface area contributed by atoms with Gasteiger partial charge in [0.05, 0.1) is 12.0 Å². The van der Waals surface area contributed by atoms with Crippen molar-refractivity contribution in [2.75, 3.05) is 7.05 Å². The second-order valence-electron chi connectivity index (χ2n) is 14.3. The van der Waals surface area contributed by atoms with Crippen LogP contribution in [-0.2, 0) is 53.9 Å². The Morgan fingerprint density at radius 2 is 1.31 bits per heavy atom. The van der Waals surface area contributed by atoms with Crippen LogP contribution in [0.25, 0.3) is 11.2 Å². The van der Waals surface area contributed by atoms with Gasteiger partial charge < -0.3 is 14.2 Å². The van der Waals surface area contributed by atoms with Gasteiger partial charge in [0, 0.05) is 26.7 Å². The lowest BCUT2D eigenvalue weighted by molar-refractivity contribution is -0.224. The molecule has 2 saturated heterocycles. The van der Waals surface area contributed by atoms with Gasteiger partial charge >= 0.3 is 10.3 Å². The summed E-state index contributed by atoms with van der Waals surface area (Å²) in [6.45, 7) is 5.79. The van der Waals surface area contributed by atoms with Crippen molar-refractivity contribution in [1.82, 2.24) is 28.7 Å². The standard InChI is InChI=1S/C41H40N6O6S/c1-40(2)51-35-36(52-40)39(50-38(35)47-27-44-34-33(42-26-43-37(34)47)25-46-23-28-15-13-14-16-29(28)24-46)53-54(48,49)45(3)41(30-17-7-4-8-18-30,31-19-9-5-10-20-31)32-21-11-6-12-22-32/h4-22,26-27,35-36,38-39H,23-25H2,1-3H3/t35-,36-,38-,39-/m1/s1. The topological polar surface area (TPSA) is 121 Å². The van der Waals surface area contributed by atoms with Gasteiger partial charge in [-0.2, -0.15) is 12.7 Å². The third-order valence-electron chi connectivity index (χ3n) is 10.6. The van der Waals surface area contributed by atoms with E-state index >= 15 is 0 Å². The molecule has 0 amide bonds. The van der Waals surface area contributed by atoms with Crippen molar-refractivity contribution in [1.29, 1.82) is 0 Å². The van der Waals surface area contributed by atoms with Crippen molar-refractivity contribution in [3.05, 3.63) is 161 Å². The molecule has 54 heavy (non-hydrogen) atoms. The van der Waals surface area contributed by atoms with Gasteiger partial charge in [-0.25, -0.2) is 19.1 Å². The highest BCUT2D eigenvalue weighted by Gasteiger charge is 2.59. The molecule has 2 aromatic heterocycles. The number of nitrogens with zero attached hydrogens (tertiary/aromatic N) is 6. The van der Waals surface area contributed by atoms with Crippen LogP contribution in [0.15, 0.2) is 128 Å². The molecule has 6 aromatic rings. The Bertz CT molecular complexity index is 2270. The van der Waals surface area contributed by atoms with Crippen molar-refractivity contribution in [2.24, 2.45) is 0 Å². The third kappa shape index (κ3) is 5.93. The van der Waals surface area contributed by atoms with E-state index in [1.165, 1.54) is 28.8 Å². The predicted octanol–water partition coefficient (Wildman–Crippen LogP) is 5.90. The molecule has 276 valence electrons. The summed E-state index contributed by atoms with van der Waals surface area (Å²) < 4.78 is 57.9. The molecule has 4 aromatic carbocycles. The van der Waals surface area contributed by atoms with Crippen molar-refractivity contribution < 1.29 is 26.8 Å². The fourth-order valence-electron chi connectivity index (χ4n) is 8.21. The molecule has 13 heteroatoms. The van der Waals surface area contributed by atoms with Crippen LogP contribution in [0.5, 0.6) is 0 Å². The molecular formula is C41H40N6O6S. The molecule has 2 fully saturated rings. The largest absolute Gasteiger partial charge is 0.342 e. The molecule has 0 bridgehead atoms. The van der Waals surface area contributed by atoms with Crippen LogP contribution in [0, 0.1) is 0 Å². The van der Waals surface area contributed by atoms with Crippen molar-refractivity contribution in [3.63, 3.8) is 0 Å². The highest BCUT2D eigenvalue weighted by atomic mass is 32.2. The quantitative estimate of drug-likeness (QED) is 0.157. The van der Waals surface area contributed by atoms with E-state index in [0.29, 0.717) is 17.7 Å². The number of hydrogen-bond donors (Lipinski definition) is 0. The maximum absolute atomic E-state index is 14.8. The fraction of sp³-hybridized carbons (Fsp3) is 0.293. The van der Waals surface area contributed by atoms with Crippen molar-refractivity contribution in [2.45, 2.75) is 69.5 Å². The van der Waals surface area contributed by atoms with E-state index in [-0.39, 0.29) is 0 Å². The molecule has 12 nitrogen and oxygen atoms in total. The summed E-state index contributed by atoms with van der Waals surface area (Å²) >= 11 is 0. The van der Waals surface area contributed by atoms with E-state index in [1.807, 2.05) is 91.0 Å². The highest BCUT2D eigenvalue weighted by Crippen LogP contribution is 2.47. The SMILES string of the molecule is CN(C(c1ccccc1)(c1ccccc1)c1ccccc1)S(=O)(=O)O[C@H]1O[C@@H](n2cnc3c(CN4Cc5ccccc5C4)ncnc32)[C@@H]2OC(C)(C)O[C@@H]12. The minimum absolute atomic E-state index is 0.533. The summed E-state index contributed by atoms with van der Waals surface area (Å²) in [6, 6.07) is 37.0. The van der Waals surface area contributed by atoms with Crippen LogP contribution in [0.1, 0.15) is 53.6 Å². The van der Waals surface area contributed by atoms with Gasteiger partial charge in [0.1, 0.15) is 29.6 Å². The number of hydrogen-bond acceptors (Lipinski definition) is 10. The van der Waals surface area contributed by atoms with E-state index in [9.17, 15) is 8.42 Å². The number of fused-ring (bicyclic) bond motifs is 3. The average Bonchev–Trinajstić information content (AvgIpc) is 3.95. The zero-order chi connectivity index (χ0) is 37.1. The average molecular weight is 745 g/mol. The number of benzene rings is 4. The van der Waals surface area contributed by atoms with Crippen LogP contribution >= 0.6 is 0 Å². The second-order valence-corrected chi connectivity index (χ2v) is 15.9. The molecule has 0 spiro atoms. The minimum Gasteiger partial charge on any atom is -0.340 e. The summed E-state index contributed by atoms with van der Waals surface area (Å²) in [4.78, 5) is 16.3. The second kappa shape index (κ2) is 13.5. The molecule has 0 unspecified atom stereocenters. The predicted molar refractivity (Wildman–Crippen MR) is 199 cm³/mol. The van der Waals surface area contributed by atoms with Crippen LogP contribution in [0.2, 0.25) is 0 Å². The van der Waals surface area contributed by atoms with E-state index in [4.69, 9.17) is 23.4 Å². The molecule has 0 saturated carbocycles. The van der Waals surface area contributed by atoms with Gasteiger partial charge in [-0.1, -0.05) is 115 Å². The lowest BCUT2D eigenvalue weighted by Gasteiger charge is -2.42. The number of rotatable bonds is 10. The molecule has 0 radical (unpaired) electrons. The summed E-state index contributed by atoms with van der Waals surface area (Å²) in [6.07, 6.45) is -0.715. The van der Waals surface area contributed by atoms with Gasteiger partial charge in [0.2, 0.25) is 6.29 Å². The first kappa shape index (κ1) is 34.9. The Hall–Kier alpha value is -4.86. The number of ether oxygens (including phenoxy) is 3. The Labute approximate surface area is 314 Å². The minimum atomic E-state index is -4.58. The summed E-state index contributed by atoms with van der Waals surface area (Å²) in [7, 11) is -3.05. The summed E-state index contributed by atoms with van der Waals surface area (Å²) in [5, 5.41) is 0. The lowest BCUT2D eigenvalue weighted by Crippen LogP contribution is -2.50. The maximum Gasteiger partial charge on any atom is 0.342 e. The highest BCUT2D eigenvalue weighted by molar-refractivity contribution is 7.84. The van der Waals surface area contributed by atoms with E-state index in [0.717, 1.165) is 35.5 Å². The van der Waals surface area contributed by atoms with Gasteiger partial charge in [-0.15, -0.1) is 0 Å². The van der Waals surface area contributed by atoms with Crippen LogP contribution in [-0.4, -0.2) is 68.5 Å². The molecule has 3 aliphatic rings. The molecule has 0 aliphatic carbocycles. The third-order valence-corrected chi connectivity index (χ3v) is 12.0. The summed E-state index contributed by atoms with van der Waals surface area (Å²) in [5.41, 5.74) is 5.45. The zero-order valence-electron chi connectivity index (χ0n) is 30.1. The Morgan fingerprint density at radius 3 is 1.89 bits per heavy atom. The molecular weight excluding hydrogens is 705 g/mol. The molecule has 4 atom stereocenters. The first-order valence-electron chi connectivity index (χ1n) is 17.9. The fourth-order valence-corrected chi connectivity index (χ4v) is 9.38. The summed E-state index contributed by atoms with van der Waals surface area (Å²) in [5.74, 6) is -1.04. The van der Waals surface area contributed by atoms with Gasteiger partial charge in [0.25, 0.3) is 0 Å². The van der Waals surface area contributed by atoms with E-state index in [2.05, 4.69) is 39.1 Å². The molecule has 5 heterocycles. The normalized spacial score (nSPS) is 22.5. The van der Waals surface area contributed by atoms with Gasteiger partial charge in [-0.3, -0.25) is 9.47 Å². The Balaban J connectivity index is 1.05. The van der Waals surface area contributed by atoms with E-state index in [1.54, 1.807) is 24.7 Å². The Kier molecular flexibility index (Phi) is 8.70. The Morgan fingerprint density at radius 1 is 0.778 bits per heavy atom. The van der Waals surface area contributed by atoms with Crippen LogP contribution in [0.4, 0.5) is 0 Å². The monoisotopic (exact) mass is 744 g/mol. The molecule has 0 N–H and O–H groups in total. The smallest absolute Gasteiger partial charge is 0.340 e. The van der Waals surface area contributed by atoms with Gasteiger partial charge in [0.15, 0.2) is 17.7 Å². The van der Waals surface area contributed by atoms with Crippen molar-refractivity contribution >= 4 is 21.5 Å². The first-order chi connectivity index (χ1) is 26.1. The van der Waals surface area contributed by atoms with Crippen LogP contribution in [0.3, 0.4) is 0 Å². The lowest BCUT2D eigenvalue weighted by atomic mass is 9.77. The maximum atomic E-state index is 14.8. The number of aromatic nitrogens is 4. The zero-order valence-corrected chi connectivity index (χ0v) is 30.9. The molecule has 9 rings (SSSR count). The number of imidazole rings is 1.